The van der Waals surface area contributed by atoms with E-state index in [9.17, 15) is 10.1 Å². The minimum Gasteiger partial charge on any atom is -0.292 e. The molecule has 0 saturated carbocycles. The molecular weight excluding hydrogens is 312 g/mol. The van der Waals surface area contributed by atoms with Crippen molar-refractivity contribution in [1.82, 2.24) is 4.90 Å². The van der Waals surface area contributed by atoms with Crippen LogP contribution in [0.1, 0.15) is 22.6 Å². The molecule has 1 aliphatic heterocycles. The van der Waals surface area contributed by atoms with Gasteiger partial charge in [-0.3, -0.25) is 15.0 Å². The van der Waals surface area contributed by atoms with E-state index in [4.69, 9.17) is 11.6 Å². The zero-order valence-corrected chi connectivity index (χ0v) is 13.7. The molecule has 5 heteroatoms. The Hall–Kier alpha value is -1.91. The van der Waals surface area contributed by atoms with Gasteiger partial charge in [0.1, 0.15) is 0 Å². The standard InChI is InChI=1S/C18H19ClN2O2/c1-13-9-15(7-8-17(13)19)16-11-20(12-18(16)21(22)23)10-14-5-3-2-4-6-14/h2-9,16,18H,10-12H2,1H3/t16-,18+/m1/s1. The first-order chi connectivity index (χ1) is 11.0. The average Bonchev–Trinajstić information content (AvgIpc) is 2.95. The number of hydrogen-bond donors (Lipinski definition) is 0. The highest BCUT2D eigenvalue weighted by Crippen LogP contribution is 2.32. The summed E-state index contributed by atoms with van der Waals surface area (Å²) in [5, 5.41) is 12.2. The van der Waals surface area contributed by atoms with Crippen molar-refractivity contribution in [3.05, 3.63) is 80.4 Å². The van der Waals surface area contributed by atoms with Gasteiger partial charge in [0.05, 0.1) is 12.5 Å². The molecule has 2 aromatic carbocycles. The van der Waals surface area contributed by atoms with Crippen LogP contribution in [0, 0.1) is 17.0 Å². The SMILES string of the molecule is Cc1cc([C@H]2CN(Cc3ccccc3)C[C@@H]2[N+](=O)[O-])ccc1Cl. The maximum atomic E-state index is 11.5. The van der Waals surface area contributed by atoms with Crippen molar-refractivity contribution in [3.8, 4) is 0 Å². The molecule has 120 valence electrons. The fourth-order valence-electron chi connectivity index (χ4n) is 3.28. The topological polar surface area (TPSA) is 46.4 Å². The van der Waals surface area contributed by atoms with Gasteiger partial charge in [-0.05, 0) is 29.7 Å². The number of aryl methyl sites for hydroxylation is 1. The highest BCUT2D eigenvalue weighted by atomic mass is 35.5. The van der Waals surface area contributed by atoms with Gasteiger partial charge in [-0.1, -0.05) is 54.1 Å². The molecule has 0 bridgehead atoms. The Morgan fingerprint density at radius 2 is 1.96 bits per heavy atom. The highest BCUT2D eigenvalue weighted by Gasteiger charge is 2.41. The summed E-state index contributed by atoms with van der Waals surface area (Å²) in [7, 11) is 0. The summed E-state index contributed by atoms with van der Waals surface area (Å²) in [5.41, 5.74) is 3.15. The van der Waals surface area contributed by atoms with Crippen molar-refractivity contribution in [2.75, 3.05) is 13.1 Å². The van der Waals surface area contributed by atoms with E-state index >= 15 is 0 Å². The van der Waals surface area contributed by atoms with Crippen LogP contribution >= 0.6 is 11.6 Å². The second-order valence-corrected chi connectivity index (χ2v) is 6.55. The highest BCUT2D eigenvalue weighted by molar-refractivity contribution is 6.31. The van der Waals surface area contributed by atoms with Gasteiger partial charge in [0, 0.05) is 23.0 Å². The second-order valence-electron chi connectivity index (χ2n) is 6.15. The monoisotopic (exact) mass is 330 g/mol. The van der Waals surface area contributed by atoms with Gasteiger partial charge >= 0.3 is 0 Å². The minimum absolute atomic E-state index is 0.0929. The van der Waals surface area contributed by atoms with Gasteiger partial charge in [0.15, 0.2) is 0 Å². The predicted octanol–water partition coefficient (Wildman–Crippen LogP) is 3.89. The first-order valence-electron chi connectivity index (χ1n) is 7.70. The van der Waals surface area contributed by atoms with E-state index in [0.29, 0.717) is 18.1 Å². The Morgan fingerprint density at radius 1 is 1.22 bits per heavy atom. The number of benzene rings is 2. The fraction of sp³-hybridized carbons (Fsp3) is 0.333. The van der Waals surface area contributed by atoms with Crippen LogP contribution in [0.15, 0.2) is 48.5 Å². The molecule has 0 aliphatic carbocycles. The Kier molecular flexibility index (Phi) is 4.64. The molecule has 0 amide bonds. The minimum atomic E-state index is -0.570. The lowest BCUT2D eigenvalue weighted by Crippen LogP contribution is -2.28. The van der Waals surface area contributed by atoms with E-state index in [1.807, 2.05) is 43.3 Å². The van der Waals surface area contributed by atoms with E-state index < -0.39 is 6.04 Å². The van der Waals surface area contributed by atoms with Crippen molar-refractivity contribution in [2.24, 2.45) is 0 Å². The molecule has 23 heavy (non-hydrogen) atoms. The van der Waals surface area contributed by atoms with E-state index in [1.165, 1.54) is 5.56 Å². The van der Waals surface area contributed by atoms with Crippen LogP contribution in [0.3, 0.4) is 0 Å². The molecule has 1 saturated heterocycles. The summed E-state index contributed by atoms with van der Waals surface area (Å²) in [6.45, 7) is 3.85. The van der Waals surface area contributed by atoms with Gasteiger partial charge in [0.2, 0.25) is 6.04 Å². The third kappa shape index (κ3) is 3.54. The first-order valence-corrected chi connectivity index (χ1v) is 8.08. The predicted molar refractivity (Wildman–Crippen MR) is 91.4 cm³/mol. The van der Waals surface area contributed by atoms with Crippen molar-refractivity contribution in [3.63, 3.8) is 0 Å². The molecule has 1 aliphatic rings. The lowest BCUT2D eigenvalue weighted by Gasteiger charge is -2.15. The molecule has 1 heterocycles. The average molecular weight is 331 g/mol. The molecular formula is C18H19ClN2O2. The summed E-state index contributed by atoms with van der Waals surface area (Å²) >= 11 is 6.08. The summed E-state index contributed by atoms with van der Waals surface area (Å²) in [4.78, 5) is 13.5. The van der Waals surface area contributed by atoms with Crippen LogP contribution in [-0.2, 0) is 6.54 Å². The zero-order chi connectivity index (χ0) is 16.4. The maximum absolute atomic E-state index is 11.5. The molecule has 2 atom stereocenters. The number of halogens is 1. The summed E-state index contributed by atoms with van der Waals surface area (Å²) in [5.74, 6) is -0.0929. The molecule has 2 aromatic rings. The largest absolute Gasteiger partial charge is 0.292 e. The molecule has 4 nitrogen and oxygen atoms in total. The lowest BCUT2D eigenvalue weighted by atomic mass is 9.93. The maximum Gasteiger partial charge on any atom is 0.233 e. The Balaban J connectivity index is 1.81. The van der Waals surface area contributed by atoms with Crippen LogP contribution in [0.2, 0.25) is 5.02 Å². The van der Waals surface area contributed by atoms with E-state index in [0.717, 1.165) is 17.7 Å². The van der Waals surface area contributed by atoms with E-state index in [2.05, 4.69) is 17.0 Å². The first kappa shape index (κ1) is 16.0. The van der Waals surface area contributed by atoms with Gasteiger partial charge < -0.3 is 0 Å². The zero-order valence-electron chi connectivity index (χ0n) is 13.0. The van der Waals surface area contributed by atoms with Crippen LogP contribution in [0.5, 0.6) is 0 Å². The number of rotatable bonds is 4. The van der Waals surface area contributed by atoms with Crippen molar-refractivity contribution in [2.45, 2.75) is 25.4 Å². The van der Waals surface area contributed by atoms with Crippen molar-refractivity contribution >= 4 is 11.6 Å². The van der Waals surface area contributed by atoms with Crippen LogP contribution in [-0.4, -0.2) is 29.0 Å². The summed E-state index contributed by atoms with van der Waals surface area (Å²) < 4.78 is 0. The molecule has 0 aromatic heterocycles. The Bertz CT molecular complexity index is 705. The Labute approximate surface area is 140 Å². The number of likely N-dealkylation sites (tertiary alicyclic amines) is 1. The van der Waals surface area contributed by atoms with E-state index in [-0.39, 0.29) is 10.8 Å². The summed E-state index contributed by atoms with van der Waals surface area (Å²) in [6.07, 6.45) is 0. The second kappa shape index (κ2) is 6.69. The number of nitrogens with zero attached hydrogens (tertiary/aromatic N) is 2. The van der Waals surface area contributed by atoms with Gasteiger partial charge in [-0.25, -0.2) is 0 Å². The molecule has 0 spiro atoms. The number of nitro groups is 1. The quantitative estimate of drug-likeness (QED) is 0.631. The van der Waals surface area contributed by atoms with E-state index in [1.54, 1.807) is 0 Å². The molecule has 0 unspecified atom stereocenters. The molecule has 1 fully saturated rings. The van der Waals surface area contributed by atoms with Crippen LogP contribution in [0.25, 0.3) is 0 Å². The van der Waals surface area contributed by atoms with Crippen molar-refractivity contribution < 1.29 is 4.92 Å². The summed E-state index contributed by atoms with van der Waals surface area (Å²) in [6, 6.07) is 15.3. The fourth-order valence-corrected chi connectivity index (χ4v) is 3.39. The van der Waals surface area contributed by atoms with Crippen LogP contribution in [0.4, 0.5) is 0 Å². The third-order valence-electron chi connectivity index (χ3n) is 4.49. The Morgan fingerprint density at radius 3 is 2.61 bits per heavy atom. The normalized spacial score (nSPS) is 21.5. The molecule has 0 N–H and O–H groups in total. The molecule has 0 radical (unpaired) electrons. The van der Waals surface area contributed by atoms with Gasteiger partial charge in [-0.15, -0.1) is 0 Å². The van der Waals surface area contributed by atoms with Crippen LogP contribution < -0.4 is 0 Å². The van der Waals surface area contributed by atoms with Gasteiger partial charge in [0.25, 0.3) is 0 Å². The smallest absolute Gasteiger partial charge is 0.233 e. The third-order valence-corrected chi connectivity index (χ3v) is 4.92. The number of hydrogen-bond acceptors (Lipinski definition) is 3. The lowest BCUT2D eigenvalue weighted by molar-refractivity contribution is -0.521. The van der Waals surface area contributed by atoms with Gasteiger partial charge in [-0.2, -0.15) is 0 Å². The van der Waals surface area contributed by atoms with Crippen molar-refractivity contribution in [1.29, 1.82) is 0 Å². The molecule has 3 rings (SSSR count).